The molecule has 2 aromatic carbocycles. The Labute approximate surface area is 165 Å². The van der Waals surface area contributed by atoms with E-state index < -0.39 is 0 Å². The first-order valence-corrected chi connectivity index (χ1v) is 10.2. The molecule has 28 heavy (non-hydrogen) atoms. The van der Waals surface area contributed by atoms with Crippen LogP contribution in [0.2, 0.25) is 0 Å². The monoisotopic (exact) mass is 371 g/mol. The van der Waals surface area contributed by atoms with Gasteiger partial charge < -0.3 is 4.90 Å². The highest BCUT2D eigenvalue weighted by Gasteiger charge is 2.24. The summed E-state index contributed by atoms with van der Waals surface area (Å²) in [5, 5.41) is 8.95. The van der Waals surface area contributed by atoms with Gasteiger partial charge in [0.25, 0.3) is 0 Å². The van der Waals surface area contributed by atoms with Crippen LogP contribution in [0.25, 0.3) is 16.7 Å². The predicted molar refractivity (Wildman–Crippen MR) is 113 cm³/mol. The zero-order chi connectivity index (χ0) is 18.9. The lowest BCUT2D eigenvalue weighted by Crippen LogP contribution is -2.35. The third-order valence-electron chi connectivity index (χ3n) is 5.88. The molecule has 0 N–H and O–H groups in total. The van der Waals surface area contributed by atoms with E-state index in [4.69, 9.17) is 4.98 Å². The van der Waals surface area contributed by atoms with Crippen molar-refractivity contribution in [2.75, 3.05) is 18.0 Å². The second-order valence-electron chi connectivity index (χ2n) is 7.67. The first kappa shape index (κ1) is 17.2. The molecule has 0 saturated carbocycles. The molecule has 1 saturated heterocycles. The maximum absolute atomic E-state index is 4.99. The molecule has 1 aliphatic rings. The molecule has 0 unspecified atom stereocenters. The average molecular weight is 371 g/mol. The summed E-state index contributed by atoms with van der Waals surface area (Å²) in [6.07, 6.45) is 4.39. The Morgan fingerprint density at radius 1 is 0.929 bits per heavy atom. The van der Waals surface area contributed by atoms with Crippen LogP contribution in [0.5, 0.6) is 0 Å². The molecule has 0 amide bonds. The standard InChI is InChI=1S/C23H25N5/c1-2-21-25-26-23-22(24-19-10-6-7-11-20(19)28(21)23)27-14-12-18(13-15-27)16-17-8-4-3-5-9-17/h3-11,18H,2,12-16H2,1H3. The molecule has 142 valence electrons. The fourth-order valence-corrected chi connectivity index (χ4v) is 4.36. The Kier molecular flexibility index (Phi) is 4.43. The third-order valence-corrected chi connectivity index (χ3v) is 5.88. The Morgan fingerprint density at radius 2 is 1.68 bits per heavy atom. The number of anilines is 1. The van der Waals surface area contributed by atoms with E-state index in [9.17, 15) is 0 Å². The van der Waals surface area contributed by atoms with Gasteiger partial charge in [-0.3, -0.25) is 4.40 Å². The molecular weight excluding hydrogens is 346 g/mol. The number of rotatable bonds is 4. The summed E-state index contributed by atoms with van der Waals surface area (Å²) >= 11 is 0. The fraction of sp³-hybridized carbons (Fsp3) is 0.348. The van der Waals surface area contributed by atoms with E-state index in [1.165, 1.54) is 24.8 Å². The van der Waals surface area contributed by atoms with Crippen molar-refractivity contribution in [1.82, 2.24) is 19.6 Å². The van der Waals surface area contributed by atoms with Gasteiger partial charge in [-0.25, -0.2) is 4.98 Å². The van der Waals surface area contributed by atoms with Crippen molar-refractivity contribution in [1.29, 1.82) is 0 Å². The normalized spacial score (nSPS) is 15.5. The maximum Gasteiger partial charge on any atom is 0.204 e. The molecule has 5 nitrogen and oxygen atoms in total. The van der Waals surface area contributed by atoms with E-state index in [1.807, 2.05) is 6.07 Å². The van der Waals surface area contributed by atoms with Crippen LogP contribution in [0, 0.1) is 5.92 Å². The van der Waals surface area contributed by atoms with E-state index >= 15 is 0 Å². The quantitative estimate of drug-likeness (QED) is 0.537. The lowest BCUT2D eigenvalue weighted by molar-refractivity contribution is 0.402. The van der Waals surface area contributed by atoms with Crippen LogP contribution < -0.4 is 4.90 Å². The van der Waals surface area contributed by atoms with Crippen LogP contribution in [0.3, 0.4) is 0 Å². The Hall–Kier alpha value is -2.95. The van der Waals surface area contributed by atoms with Gasteiger partial charge in [-0.15, -0.1) is 10.2 Å². The van der Waals surface area contributed by atoms with Gasteiger partial charge in [-0.2, -0.15) is 0 Å². The van der Waals surface area contributed by atoms with E-state index in [2.05, 4.69) is 75.0 Å². The SMILES string of the molecule is CCc1nnc2c(N3CCC(Cc4ccccc4)CC3)nc3ccccc3n12. The van der Waals surface area contributed by atoms with E-state index in [-0.39, 0.29) is 0 Å². The number of aryl methyl sites for hydroxylation is 1. The predicted octanol–water partition coefficient (Wildman–Crippen LogP) is 4.30. The van der Waals surface area contributed by atoms with Crippen molar-refractivity contribution < 1.29 is 0 Å². The molecule has 2 aromatic heterocycles. The molecular formula is C23H25N5. The van der Waals surface area contributed by atoms with Gasteiger partial charge >= 0.3 is 0 Å². The smallest absolute Gasteiger partial charge is 0.204 e. The van der Waals surface area contributed by atoms with E-state index in [0.29, 0.717) is 0 Å². The lowest BCUT2D eigenvalue weighted by Gasteiger charge is -2.33. The minimum Gasteiger partial charge on any atom is -0.353 e. The summed E-state index contributed by atoms with van der Waals surface area (Å²) in [7, 11) is 0. The molecule has 5 heteroatoms. The molecule has 1 aliphatic heterocycles. The van der Waals surface area contributed by atoms with Crippen molar-refractivity contribution in [3.63, 3.8) is 0 Å². The van der Waals surface area contributed by atoms with Crippen molar-refractivity contribution >= 4 is 22.5 Å². The highest BCUT2D eigenvalue weighted by Crippen LogP contribution is 2.29. The van der Waals surface area contributed by atoms with Gasteiger partial charge in [0.05, 0.1) is 11.0 Å². The molecule has 5 rings (SSSR count). The zero-order valence-corrected chi connectivity index (χ0v) is 16.3. The van der Waals surface area contributed by atoms with Crippen molar-refractivity contribution in [3.8, 4) is 0 Å². The number of piperidine rings is 1. The summed E-state index contributed by atoms with van der Waals surface area (Å²) in [4.78, 5) is 7.39. The highest BCUT2D eigenvalue weighted by molar-refractivity contribution is 5.83. The fourth-order valence-electron chi connectivity index (χ4n) is 4.36. The lowest BCUT2D eigenvalue weighted by atomic mass is 9.90. The summed E-state index contributed by atoms with van der Waals surface area (Å²) < 4.78 is 2.19. The van der Waals surface area contributed by atoms with Gasteiger partial charge in [0.1, 0.15) is 5.82 Å². The van der Waals surface area contributed by atoms with Gasteiger partial charge in [0.2, 0.25) is 5.65 Å². The number of nitrogens with zero attached hydrogens (tertiary/aromatic N) is 5. The van der Waals surface area contributed by atoms with E-state index in [0.717, 1.165) is 53.8 Å². The van der Waals surface area contributed by atoms with Crippen LogP contribution in [0.15, 0.2) is 54.6 Å². The number of fused-ring (bicyclic) bond motifs is 3. The average Bonchev–Trinajstić information content (AvgIpc) is 3.19. The number of aromatic nitrogens is 4. The largest absolute Gasteiger partial charge is 0.353 e. The maximum atomic E-state index is 4.99. The Balaban J connectivity index is 1.44. The van der Waals surface area contributed by atoms with Crippen LogP contribution in [0.1, 0.15) is 31.2 Å². The van der Waals surface area contributed by atoms with Crippen molar-refractivity contribution in [2.45, 2.75) is 32.6 Å². The summed E-state index contributed by atoms with van der Waals surface area (Å²) in [6, 6.07) is 19.1. The van der Waals surface area contributed by atoms with Crippen LogP contribution in [-0.4, -0.2) is 32.7 Å². The molecule has 1 fully saturated rings. The van der Waals surface area contributed by atoms with Crippen LogP contribution >= 0.6 is 0 Å². The Morgan fingerprint density at radius 3 is 2.46 bits per heavy atom. The zero-order valence-electron chi connectivity index (χ0n) is 16.3. The minimum absolute atomic E-state index is 0.735. The van der Waals surface area contributed by atoms with Crippen LogP contribution in [0.4, 0.5) is 5.82 Å². The molecule has 0 radical (unpaired) electrons. The molecule has 0 aliphatic carbocycles. The second kappa shape index (κ2) is 7.23. The molecule has 3 heterocycles. The molecule has 0 spiro atoms. The molecule has 0 bridgehead atoms. The number of hydrogen-bond acceptors (Lipinski definition) is 4. The highest BCUT2D eigenvalue weighted by atomic mass is 15.3. The first-order chi connectivity index (χ1) is 13.8. The molecule has 4 aromatic rings. The van der Waals surface area contributed by atoms with Gasteiger partial charge in [0.15, 0.2) is 5.82 Å². The van der Waals surface area contributed by atoms with Gasteiger partial charge in [0, 0.05) is 19.5 Å². The Bertz CT molecular complexity index is 1090. The molecule has 0 atom stereocenters. The summed E-state index contributed by atoms with van der Waals surface area (Å²) in [5.41, 5.74) is 4.42. The number of para-hydroxylation sites is 2. The van der Waals surface area contributed by atoms with E-state index in [1.54, 1.807) is 0 Å². The summed E-state index contributed by atoms with van der Waals surface area (Å²) in [6.45, 7) is 4.17. The second-order valence-corrected chi connectivity index (χ2v) is 7.67. The topological polar surface area (TPSA) is 46.3 Å². The number of benzene rings is 2. The minimum atomic E-state index is 0.735. The van der Waals surface area contributed by atoms with Gasteiger partial charge in [-0.05, 0) is 42.9 Å². The number of hydrogen-bond donors (Lipinski definition) is 0. The summed E-state index contributed by atoms with van der Waals surface area (Å²) in [5.74, 6) is 2.71. The third kappa shape index (κ3) is 3.01. The van der Waals surface area contributed by atoms with Gasteiger partial charge in [-0.1, -0.05) is 49.4 Å². The van der Waals surface area contributed by atoms with Crippen molar-refractivity contribution in [2.24, 2.45) is 5.92 Å². The van der Waals surface area contributed by atoms with Crippen molar-refractivity contribution in [3.05, 3.63) is 66.0 Å². The first-order valence-electron chi connectivity index (χ1n) is 10.2. The van der Waals surface area contributed by atoms with Crippen LogP contribution in [-0.2, 0) is 12.8 Å².